The summed E-state index contributed by atoms with van der Waals surface area (Å²) in [6.07, 6.45) is 0. The second-order valence-corrected chi connectivity index (χ2v) is 4.32. The van der Waals surface area contributed by atoms with Gasteiger partial charge in [0.1, 0.15) is 0 Å². The molecule has 1 heterocycles. The quantitative estimate of drug-likeness (QED) is 0.813. The van der Waals surface area contributed by atoms with Crippen molar-refractivity contribution in [1.82, 2.24) is 5.32 Å². The van der Waals surface area contributed by atoms with Crippen LogP contribution in [-0.2, 0) is 6.54 Å². The lowest BCUT2D eigenvalue weighted by Crippen LogP contribution is -2.20. The van der Waals surface area contributed by atoms with E-state index < -0.39 is 0 Å². The number of likely N-dealkylation sites (N-methyl/N-ethyl adjacent to an activating group) is 1. The van der Waals surface area contributed by atoms with Gasteiger partial charge in [0.2, 0.25) is 0 Å². The van der Waals surface area contributed by atoms with Crippen LogP contribution >= 0.6 is 0 Å². The lowest BCUT2D eigenvalue weighted by atomic mass is 9.97. The first-order chi connectivity index (χ1) is 7.27. The average Bonchev–Trinajstić information content (AvgIpc) is 2.57. The van der Waals surface area contributed by atoms with Crippen molar-refractivity contribution in [1.29, 1.82) is 0 Å². The van der Waals surface area contributed by atoms with Gasteiger partial charge in [0.15, 0.2) is 0 Å². The van der Waals surface area contributed by atoms with E-state index in [9.17, 15) is 0 Å². The summed E-state index contributed by atoms with van der Waals surface area (Å²) in [7, 11) is 2.01. The lowest BCUT2D eigenvalue weighted by Gasteiger charge is -2.17. The minimum Gasteiger partial charge on any atom is -0.371 e. The van der Waals surface area contributed by atoms with Crippen molar-refractivity contribution >= 4 is 5.69 Å². The molecule has 1 atom stereocenters. The summed E-state index contributed by atoms with van der Waals surface area (Å²) >= 11 is 0. The molecule has 1 aromatic carbocycles. The van der Waals surface area contributed by atoms with Gasteiger partial charge in [-0.25, -0.2) is 0 Å². The van der Waals surface area contributed by atoms with Crippen molar-refractivity contribution in [2.45, 2.75) is 26.3 Å². The van der Waals surface area contributed by atoms with Gasteiger partial charge in [-0.1, -0.05) is 19.1 Å². The fraction of sp³-hybridized carbons (Fsp3) is 0.538. The Labute approximate surface area is 92.3 Å². The Kier molecular flexibility index (Phi) is 2.96. The summed E-state index contributed by atoms with van der Waals surface area (Å²) in [5.41, 5.74) is 4.45. The lowest BCUT2D eigenvalue weighted by molar-refractivity contribution is 0.744. The highest BCUT2D eigenvalue weighted by Gasteiger charge is 2.26. The molecule has 82 valence electrons. The average molecular weight is 204 g/mol. The van der Waals surface area contributed by atoms with Crippen molar-refractivity contribution < 1.29 is 0 Å². The maximum Gasteiger partial charge on any atom is 0.0405 e. The van der Waals surface area contributed by atoms with Gasteiger partial charge in [-0.05, 0) is 31.2 Å². The zero-order valence-electron chi connectivity index (χ0n) is 9.88. The summed E-state index contributed by atoms with van der Waals surface area (Å²) in [6.45, 7) is 7.82. The summed E-state index contributed by atoms with van der Waals surface area (Å²) in [5.74, 6) is 0.671. The monoisotopic (exact) mass is 204 g/mol. The maximum atomic E-state index is 3.25. The number of hydrogen-bond acceptors (Lipinski definition) is 2. The fourth-order valence-corrected chi connectivity index (χ4v) is 2.61. The first-order valence-corrected chi connectivity index (χ1v) is 5.79. The van der Waals surface area contributed by atoms with Crippen LogP contribution in [0.3, 0.4) is 0 Å². The molecule has 15 heavy (non-hydrogen) atoms. The number of nitrogens with zero attached hydrogens (tertiary/aromatic N) is 1. The van der Waals surface area contributed by atoms with Gasteiger partial charge in [-0.3, -0.25) is 0 Å². The summed E-state index contributed by atoms with van der Waals surface area (Å²) in [5, 5.41) is 3.25. The largest absolute Gasteiger partial charge is 0.371 e. The molecular weight excluding hydrogens is 184 g/mol. The molecule has 1 N–H and O–H groups in total. The molecule has 0 radical (unpaired) electrons. The standard InChI is InChI=1S/C13H20N2/c1-4-15-9-10(2)13-11(8-14-3)6-5-7-12(13)15/h5-7,10,14H,4,8-9H2,1-3H3. The van der Waals surface area contributed by atoms with Crippen molar-refractivity contribution in [2.75, 3.05) is 25.0 Å². The third kappa shape index (κ3) is 1.74. The minimum absolute atomic E-state index is 0.671. The highest BCUT2D eigenvalue weighted by Crippen LogP contribution is 2.37. The van der Waals surface area contributed by atoms with Crippen LogP contribution in [0, 0.1) is 0 Å². The fourth-order valence-electron chi connectivity index (χ4n) is 2.61. The van der Waals surface area contributed by atoms with E-state index in [1.54, 1.807) is 5.56 Å². The smallest absolute Gasteiger partial charge is 0.0405 e. The van der Waals surface area contributed by atoms with E-state index in [-0.39, 0.29) is 0 Å². The SMILES string of the molecule is CCN1CC(C)c2c(CNC)cccc21. The zero-order chi connectivity index (χ0) is 10.8. The Hall–Kier alpha value is -1.02. The van der Waals surface area contributed by atoms with Crippen molar-refractivity contribution in [3.8, 4) is 0 Å². The molecule has 2 heteroatoms. The molecule has 2 nitrogen and oxygen atoms in total. The molecule has 0 saturated heterocycles. The molecule has 1 aromatic rings. The molecule has 0 aliphatic carbocycles. The normalized spacial score (nSPS) is 19.4. The maximum absolute atomic E-state index is 3.25. The molecule has 1 aliphatic rings. The summed E-state index contributed by atoms with van der Waals surface area (Å²) in [4.78, 5) is 2.47. The summed E-state index contributed by atoms with van der Waals surface area (Å²) < 4.78 is 0. The van der Waals surface area contributed by atoms with E-state index in [2.05, 4.69) is 42.3 Å². The van der Waals surface area contributed by atoms with Crippen molar-refractivity contribution in [2.24, 2.45) is 0 Å². The Morgan fingerprint density at radius 2 is 2.27 bits per heavy atom. The summed E-state index contributed by atoms with van der Waals surface area (Å²) in [6, 6.07) is 6.67. The highest BCUT2D eigenvalue weighted by atomic mass is 15.1. The van der Waals surface area contributed by atoms with Crippen molar-refractivity contribution in [3.63, 3.8) is 0 Å². The highest BCUT2D eigenvalue weighted by molar-refractivity contribution is 5.62. The molecule has 0 fully saturated rings. The number of fused-ring (bicyclic) bond motifs is 1. The third-order valence-corrected chi connectivity index (χ3v) is 3.25. The molecule has 0 saturated carbocycles. The molecule has 1 aliphatic heterocycles. The van der Waals surface area contributed by atoms with E-state index in [0.29, 0.717) is 5.92 Å². The molecule has 0 aromatic heterocycles. The number of nitrogens with one attached hydrogen (secondary N) is 1. The molecule has 0 amide bonds. The first-order valence-electron chi connectivity index (χ1n) is 5.79. The predicted octanol–water partition coefficient (Wildman–Crippen LogP) is 2.35. The Morgan fingerprint density at radius 3 is 2.93 bits per heavy atom. The van der Waals surface area contributed by atoms with Crippen LogP contribution in [-0.4, -0.2) is 20.1 Å². The topological polar surface area (TPSA) is 15.3 Å². The van der Waals surface area contributed by atoms with E-state index in [0.717, 1.165) is 13.1 Å². The zero-order valence-corrected chi connectivity index (χ0v) is 9.88. The van der Waals surface area contributed by atoms with Crippen LogP contribution in [0.5, 0.6) is 0 Å². The predicted molar refractivity (Wildman–Crippen MR) is 65.5 cm³/mol. The number of benzene rings is 1. The van der Waals surface area contributed by atoms with Crippen LogP contribution in [0.4, 0.5) is 5.69 Å². The van der Waals surface area contributed by atoms with Gasteiger partial charge in [0.05, 0.1) is 0 Å². The minimum atomic E-state index is 0.671. The van der Waals surface area contributed by atoms with Crippen LogP contribution in [0.15, 0.2) is 18.2 Å². The third-order valence-electron chi connectivity index (χ3n) is 3.25. The van der Waals surface area contributed by atoms with Crippen molar-refractivity contribution in [3.05, 3.63) is 29.3 Å². The van der Waals surface area contributed by atoms with E-state index in [1.165, 1.54) is 17.8 Å². The van der Waals surface area contributed by atoms with Gasteiger partial charge in [-0.15, -0.1) is 0 Å². The molecule has 0 spiro atoms. The first kappa shape index (κ1) is 10.5. The number of hydrogen-bond donors (Lipinski definition) is 1. The Bertz CT molecular complexity index is 346. The van der Waals surface area contributed by atoms with E-state index in [4.69, 9.17) is 0 Å². The van der Waals surface area contributed by atoms with Gasteiger partial charge >= 0.3 is 0 Å². The van der Waals surface area contributed by atoms with Crippen LogP contribution in [0.2, 0.25) is 0 Å². The second-order valence-electron chi connectivity index (χ2n) is 4.32. The van der Waals surface area contributed by atoms with E-state index >= 15 is 0 Å². The van der Waals surface area contributed by atoms with Gasteiger partial charge in [-0.2, -0.15) is 0 Å². The number of anilines is 1. The second kappa shape index (κ2) is 4.23. The van der Waals surface area contributed by atoms with Gasteiger partial charge in [0, 0.05) is 31.2 Å². The number of rotatable bonds is 3. The Morgan fingerprint density at radius 1 is 1.47 bits per heavy atom. The van der Waals surface area contributed by atoms with Crippen LogP contribution < -0.4 is 10.2 Å². The molecule has 0 bridgehead atoms. The van der Waals surface area contributed by atoms with Gasteiger partial charge < -0.3 is 10.2 Å². The van der Waals surface area contributed by atoms with Gasteiger partial charge in [0.25, 0.3) is 0 Å². The Balaban J connectivity index is 2.42. The van der Waals surface area contributed by atoms with Crippen LogP contribution in [0.25, 0.3) is 0 Å². The van der Waals surface area contributed by atoms with E-state index in [1.807, 2.05) is 7.05 Å². The molecule has 1 unspecified atom stereocenters. The molecule has 2 rings (SSSR count). The molecular formula is C13H20N2. The van der Waals surface area contributed by atoms with Crippen LogP contribution in [0.1, 0.15) is 30.9 Å².